The van der Waals surface area contributed by atoms with E-state index in [2.05, 4.69) is 55.9 Å². The van der Waals surface area contributed by atoms with Crippen LogP contribution >= 0.6 is 16.6 Å². The summed E-state index contributed by atoms with van der Waals surface area (Å²) in [5.41, 5.74) is 9.00. The number of hydrogen-bond acceptors (Lipinski definition) is 6. The molecule has 0 aromatic heterocycles. The molecule has 0 aliphatic heterocycles. The van der Waals surface area contributed by atoms with Gasteiger partial charge in [-0.25, -0.2) is 4.67 Å². The average molecular weight is 516 g/mol. The molecule has 8 nitrogen and oxygen atoms in total. The molecule has 0 N–H and O–H groups in total. The van der Waals surface area contributed by atoms with Crippen LogP contribution in [0.3, 0.4) is 0 Å². The second kappa shape index (κ2) is 22.0. The fourth-order valence-corrected chi connectivity index (χ4v) is 5.80. The molecular formula is C23H47BN4O4P2. The highest BCUT2D eigenvalue weighted by Crippen LogP contribution is 2.46. The fourth-order valence-electron chi connectivity index (χ4n) is 3.49. The minimum atomic E-state index is -1.31. The first kappa shape index (κ1) is 33.8. The predicted octanol–water partition coefficient (Wildman–Crippen LogP) is 7.49. The molecule has 3 unspecified atom stereocenters. The highest BCUT2D eigenvalue weighted by molar-refractivity contribution is 7.77. The summed E-state index contributed by atoms with van der Waals surface area (Å²) in [7, 11) is 3.70. The Morgan fingerprint density at radius 2 is 1.74 bits per heavy atom. The minimum Gasteiger partial charge on any atom is -0.381 e. The molecule has 4 atom stereocenters. The van der Waals surface area contributed by atoms with E-state index in [0.717, 1.165) is 19.3 Å². The molecule has 0 spiro atoms. The molecular weight excluding hydrogens is 469 g/mol. The molecule has 0 rings (SSSR count). The maximum Gasteiger partial charge on any atom is 0.259 e. The van der Waals surface area contributed by atoms with Crippen molar-refractivity contribution in [3.8, 4) is 0 Å². The van der Waals surface area contributed by atoms with Gasteiger partial charge in [-0.3, -0.25) is 0 Å². The summed E-state index contributed by atoms with van der Waals surface area (Å²) in [6.07, 6.45) is 9.71. The molecule has 0 aliphatic carbocycles. The van der Waals surface area contributed by atoms with Crippen LogP contribution in [0, 0.1) is 0 Å². The van der Waals surface area contributed by atoms with Gasteiger partial charge >= 0.3 is 0 Å². The normalized spacial score (nSPS) is 15.3. The van der Waals surface area contributed by atoms with E-state index in [1.54, 1.807) is 6.08 Å². The third-order valence-electron chi connectivity index (χ3n) is 4.98. The lowest BCUT2D eigenvalue weighted by Gasteiger charge is -2.35. The SMILES string of the molecule is [B]P(C)O[C@H](CCCCCCC)CCOCC(COP(OCC=C)N(C(C)C)C(C)C)N=[N+]=[N-]. The summed E-state index contributed by atoms with van der Waals surface area (Å²) >= 11 is 0. The summed E-state index contributed by atoms with van der Waals surface area (Å²) in [6.45, 7) is 17.7. The standard InChI is InChI=1S/C23H47BN4O4P2/c1-8-10-11-12-13-14-23(32-33(7)24)15-17-29-18-22(26-27-25)19-31-34(30-16-9-2)28(20(3)4)21(5)6/h9,20-23H,2,8,10-19H2,1,3-7H3/t22?,23-,33?,34?/m1/s1. The molecule has 2 radical (unpaired) electrons. The van der Waals surface area contributed by atoms with E-state index in [0.29, 0.717) is 13.2 Å². The summed E-state index contributed by atoms with van der Waals surface area (Å²) in [5.74, 6) is 0. The maximum atomic E-state index is 9.00. The van der Waals surface area contributed by atoms with Crippen LogP contribution in [0.5, 0.6) is 0 Å². The zero-order valence-electron chi connectivity index (χ0n) is 22.3. The van der Waals surface area contributed by atoms with Crippen LogP contribution in [0.15, 0.2) is 17.8 Å². The molecule has 11 heteroatoms. The van der Waals surface area contributed by atoms with Crippen LogP contribution in [0.1, 0.15) is 79.6 Å². The van der Waals surface area contributed by atoms with Crippen molar-refractivity contribution in [3.63, 3.8) is 0 Å². The van der Waals surface area contributed by atoms with Gasteiger partial charge < -0.3 is 18.3 Å². The van der Waals surface area contributed by atoms with Crippen molar-refractivity contribution >= 4 is 24.1 Å². The highest BCUT2D eigenvalue weighted by atomic mass is 31.2. The first-order valence-electron chi connectivity index (χ1n) is 12.5. The molecule has 0 saturated carbocycles. The number of rotatable bonds is 23. The average Bonchev–Trinajstić information content (AvgIpc) is 2.76. The van der Waals surface area contributed by atoms with Crippen LogP contribution in [-0.2, 0) is 18.3 Å². The molecule has 0 amide bonds. The van der Waals surface area contributed by atoms with Crippen LogP contribution in [0.2, 0.25) is 0 Å². The minimum absolute atomic E-state index is 0.0997. The molecule has 0 bridgehead atoms. The van der Waals surface area contributed by atoms with Crippen LogP contribution in [-0.4, -0.2) is 69.6 Å². The molecule has 0 heterocycles. The molecule has 0 aromatic carbocycles. The van der Waals surface area contributed by atoms with E-state index in [9.17, 15) is 0 Å². The Kier molecular flexibility index (Phi) is 21.9. The molecule has 196 valence electrons. The van der Waals surface area contributed by atoms with Gasteiger partial charge in [-0.05, 0) is 60.8 Å². The highest BCUT2D eigenvalue weighted by Gasteiger charge is 2.27. The van der Waals surface area contributed by atoms with Gasteiger partial charge in [0.1, 0.15) is 7.57 Å². The largest absolute Gasteiger partial charge is 0.381 e. The van der Waals surface area contributed by atoms with Gasteiger partial charge in [0.2, 0.25) is 0 Å². The topological polar surface area (TPSA) is 88.9 Å². The van der Waals surface area contributed by atoms with Crippen molar-refractivity contribution in [2.45, 2.75) is 104 Å². The Morgan fingerprint density at radius 1 is 1.06 bits per heavy atom. The number of unbranched alkanes of at least 4 members (excludes halogenated alkanes) is 4. The molecule has 0 aromatic rings. The smallest absolute Gasteiger partial charge is 0.259 e. The van der Waals surface area contributed by atoms with E-state index < -0.39 is 22.6 Å². The van der Waals surface area contributed by atoms with Gasteiger partial charge in [0.05, 0.1) is 32.0 Å². The summed E-state index contributed by atoms with van der Waals surface area (Å²) < 4.78 is 26.0. The van der Waals surface area contributed by atoms with Crippen molar-refractivity contribution in [3.05, 3.63) is 23.1 Å². The van der Waals surface area contributed by atoms with Gasteiger partial charge in [0.25, 0.3) is 8.53 Å². The lowest BCUT2D eigenvalue weighted by Crippen LogP contribution is -2.34. The molecule has 0 aliphatic rings. The van der Waals surface area contributed by atoms with Crippen molar-refractivity contribution in [2.75, 3.05) is 33.1 Å². The Bertz CT molecular complexity index is 547. The second-order valence-corrected chi connectivity index (χ2v) is 11.6. The summed E-state index contributed by atoms with van der Waals surface area (Å²) in [5, 5.41) is 3.87. The Labute approximate surface area is 212 Å². The summed E-state index contributed by atoms with van der Waals surface area (Å²) in [4.78, 5) is 2.97. The van der Waals surface area contributed by atoms with Crippen LogP contribution in [0.25, 0.3) is 10.4 Å². The van der Waals surface area contributed by atoms with Gasteiger partial charge in [0, 0.05) is 23.6 Å². The van der Waals surface area contributed by atoms with Crippen molar-refractivity contribution in [1.29, 1.82) is 0 Å². The first-order chi connectivity index (χ1) is 16.3. The third kappa shape index (κ3) is 17.2. The number of azide groups is 1. The molecule has 34 heavy (non-hydrogen) atoms. The predicted molar refractivity (Wildman–Crippen MR) is 146 cm³/mol. The van der Waals surface area contributed by atoms with E-state index >= 15 is 0 Å². The molecule has 0 fully saturated rings. The monoisotopic (exact) mass is 516 g/mol. The van der Waals surface area contributed by atoms with Gasteiger partial charge in [-0.15, -0.1) is 6.58 Å². The second-order valence-electron chi connectivity index (χ2n) is 8.88. The van der Waals surface area contributed by atoms with Crippen molar-refractivity contribution in [1.82, 2.24) is 4.67 Å². The van der Waals surface area contributed by atoms with Gasteiger partial charge in [-0.2, -0.15) is 0 Å². The Balaban J connectivity index is 4.69. The Morgan fingerprint density at radius 3 is 2.29 bits per heavy atom. The summed E-state index contributed by atoms with van der Waals surface area (Å²) in [6, 6.07) is 0.0564. The van der Waals surface area contributed by atoms with Crippen LogP contribution < -0.4 is 0 Å². The quantitative estimate of drug-likeness (QED) is 0.0267. The fraction of sp³-hybridized carbons (Fsp3) is 0.913. The van der Waals surface area contributed by atoms with E-state index in [-0.39, 0.29) is 31.4 Å². The third-order valence-corrected chi connectivity index (χ3v) is 7.65. The van der Waals surface area contributed by atoms with Crippen LogP contribution in [0.4, 0.5) is 0 Å². The van der Waals surface area contributed by atoms with E-state index in [4.69, 9.17) is 31.4 Å². The number of hydrogen-bond donors (Lipinski definition) is 0. The van der Waals surface area contributed by atoms with Crippen molar-refractivity contribution < 1.29 is 18.3 Å². The van der Waals surface area contributed by atoms with E-state index in [1.807, 2.05) is 6.66 Å². The lowest BCUT2D eigenvalue weighted by atomic mass is 10.1. The van der Waals surface area contributed by atoms with Crippen molar-refractivity contribution in [2.24, 2.45) is 5.11 Å². The number of ether oxygens (including phenoxy) is 1. The van der Waals surface area contributed by atoms with Gasteiger partial charge in [0.15, 0.2) is 0 Å². The zero-order valence-corrected chi connectivity index (χ0v) is 24.1. The first-order valence-corrected chi connectivity index (χ1v) is 15.4. The maximum absolute atomic E-state index is 9.00. The molecule has 0 saturated heterocycles. The van der Waals surface area contributed by atoms with Gasteiger partial charge in [-0.1, -0.05) is 50.2 Å². The Hall–Kier alpha value is -0.225. The number of nitrogens with zero attached hydrogens (tertiary/aromatic N) is 4. The lowest BCUT2D eigenvalue weighted by molar-refractivity contribution is 0.0739. The zero-order chi connectivity index (χ0) is 25.8. The van der Waals surface area contributed by atoms with E-state index in [1.165, 1.54) is 25.7 Å².